The van der Waals surface area contributed by atoms with Gasteiger partial charge in [0.15, 0.2) is 0 Å². The number of methoxy groups -OCH3 is 1. The molecular weight excluding hydrogens is 242 g/mol. The summed E-state index contributed by atoms with van der Waals surface area (Å²) in [5.74, 6) is 0.112. The fraction of sp³-hybridized carbons (Fsp3) is 0.533. The third-order valence-electron chi connectivity index (χ3n) is 2.96. The Kier molecular flexibility index (Phi) is 5.36. The molecule has 4 heteroatoms. The van der Waals surface area contributed by atoms with Crippen LogP contribution in [0.3, 0.4) is 0 Å². The molecule has 0 aliphatic heterocycles. The first-order valence-corrected chi connectivity index (χ1v) is 6.36. The predicted octanol–water partition coefficient (Wildman–Crippen LogP) is 2.63. The van der Waals surface area contributed by atoms with E-state index < -0.39 is 5.97 Å². The van der Waals surface area contributed by atoms with Gasteiger partial charge in [0, 0.05) is 18.7 Å². The van der Waals surface area contributed by atoms with Crippen LogP contribution in [0, 0.1) is 5.41 Å². The van der Waals surface area contributed by atoms with Crippen LogP contribution in [0.25, 0.3) is 0 Å². The Morgan fingerprint density at radius 2 is 2.00 bits per heavy atom. The summed E-state index contributed by atoms with van der Waals surface area (Å²) in [6.07, 6.45) is 0.170. The van der Waals surface area contributed by atoms with Gasteiger partial charge in [0.05, 0.1) is 13.5 Å². The van der Waals surface area contributed by atoms with E-state index in [-0.39, 0.29) is 11.8 Å². The lowest BCUT2D eigenvalue weighted by Crippen LogP contribution is -2.32. The number of hydrogen-bond donors (Lipinski definition) is 1. The second-order valence-electron chi connectivity index (χ2n) is 5.72. The van der Waals surface area contributed by atoms with Crippen LogP contribution in [0.4, 0.5) is 0 Å². The van der Waals surface area contributed by atoms with Gasteiger partial charge in [0.2, 0.25) is 0 Å². The summed E-state index contributed by atoms with van der Waals surface area (Å²) in [5.41, 5.74) is 0.862. The van der Waals surface area contributed by atoms with Crippen molar-refractivity contribution in [1.82, 2.24) is 4.90 Å². The molecule has 0 bridgehead atoms. The number of carboxylic acid groups (broad SMARTS) is 1. The minimum atomic E-state index is -0.754. The van der Waals surface area contributed by atoms with E-state index in [1.807, 2.05) is 45.2 Å². The van der Waals surface area contributed by atoms with Gasteiger partial charge in [-0.15, -0.1) is 0 Å². The lowest BCUT2D eigenvalue weighted by Gasteiger charge is -2.29. The van der Waals surface area contributed by atoms with Gasteiger partial charge < -0.3 is 14.7 Å². The van der Waals surface area contributed by atoms with E-state index >= 15 is 0 Å². The van der Waals surface area contributed by atoms with Crippen LogP contribution in [0.5, 0.6) is 5.75 Å². The van der Waals surface area contributed by atoms with Crippen LogP contribution in [-0.2, 0) is 11.3 Å². The molecule has 4 nitrogen and oxygen atoms in total. The lowest BCUT2D eigenvalue weighted by atomic mass is 9.89. The number of ether oxygens (including phenoxy) is 1. The molecule has 0 saturated carbocycles. The van der Waals surface area contributed by atoms with Gasteiger partial charge in [-0.2, -0.15) is 0 Å². The minimum Gasteiger partial charge on any atom is -0.496 e. The molecule has 19 heavy (non-hydrogen) atoms. The average molecular weight is 265 g/mol. The van der Waals surface area contributed by atoms with Crippen LogP contribution in [-0.4, -0.2) is 36.7 Å². The van der Waals surface area contributed by atoms with Crippen molar-refractivity contribution < 1.29 is 14.6 Å². The highest BCUT2D eigenvalue weighted by atomic mass is 16.5. The number of carbonyl (C=O) groups is 1. The van der Waals surface area contributed by atoms with Gasteiger partial charge in [-0.1, -0.05) is 32.0 Å². The number of hydrogen-bond acceptors (Lipinski definition) is 3. The average Bonchev–Trinajstić information content (AvgIpc) is 2.26. The minimum absolute atomic E-state index is 0.170. The molecule has 0 aromatic heterocycles. The molecular formula is C15H23NO3. The number of aliphatic carboxylic acids is 1. The van der Waals surface area contributed by atoms with Crippen molar-refractivity contribution in [2.24, 2.45) is 5.41 Å². The first-order valence-electron chi connectivity index (χ1n) is 6.36. The molecule has 0 saturated heterocycles. The Morgan fingerprint density at radius 3 is 2.58 bits per heavy atom. The van der Waals surface area contributed by atoms with Crippen molar-refractivity contribution in [1.29, 1.82) is 0 Å². The van der Waals surface area contributed by atoms with Crippen LogP contribution in [0.15, 0.2) is 24.3 Å². The summed E-state index contributed by atoms with van der Waals surface area (Å²) in [6.45, 7) is 5.41. The van der Waals surface area contributed by atoms with Crippen molar-refractivity contribution in [2.75, 3.05) is 20.7 Å². The zero-order valence-electron chi connectivity index (χ0n) is 12.1. The van der Waals surface area contributed by atoms with Crippen LogP contribution in [0.2, 0.25) is 0 Å². The first-order chi connectivity index (χ1) is 8.84. The van der Waals surface area contributed by atoms with Gasteiger partial charge in [-0.05, 0) is 18.5 Å². The maximum absolute atomic E-state index is 10.8. The fourth-order valence-corrected chi connectivity index (χ4v) is 2.38. The molecule has 106 valence electrons. The van der Waals surface area contributed by atoms with Crippen LogP contribution >= 0.6 is 0 Å². The Hall–Kier alpha value is -1.55. The zero-order chi connectivity index (χ0) is 14.5. The van der Waals surface area contributed by atoms with Crippen LogP contribution in [0.1, 0.15) is 25.8 Å². The molecule has 0 aliphatic rings. The van der Waals surface area contributed by atoms with E-state index in [1.54, 1.807) is 7.11 Å². The van der Waals surface area contributed by atoms with Crippen LogP contribution < -0.4 is 4.74 Å². The van der Waals surface area contributed by atoms with Crippen molar-refractivity contribution in [3.05, 3.63) is 29.8 Å². The fourth-order valence-electron chi connectivity index (χ4n) is 2.38. The molecule has 0 spiro atoms. The molecule has 0 aliphatic carbocycles. The molecule has 1 aromatic rings. The molecule has 0 amide bonds. The third kappa shape index (κ3) is 5.30. The van der Waals surface area contributed by atoms with E-state index in [2.05, 4.69) is 4.90 Å². The maximum atomic E-state index is 10.8. The van der Waals surface area contributed by atoms with Crippen molar-refractivity contribution in [2.45, 2.75) is 26.8 Å². The third-order valence-corrected chi connectivity index (χ3v) is 2.96. The number of para-hydroxylation sites is 1. The highest BCUT2D eigenvalue weighted by Crippen LogP contribution is 2.24. The normalized spacial score (nSPS) is 11.6. The number of nitrogens with zero attached hydrogens (tertiary/aromatic N) is 1. The number of carboxylic acids is 1. The number of benzene rings is 1. The summed E-state index contributed by atoms with van der Waals surface area (Å²) < 4.78 is 5.32. The van der Waals surface area contributed by atoms with Crippen molar-refractivity contribution >= 4 is 5.97 Å². The van der Waals surface area contributed by atoms with Gasteiger partial charge in [0.1, 0.15) is 5.75 Å². The lowest BCUT2D eigenvalue weighted by molar-refractivity contribution is -0.139. The van der Waals surface area contributed by atoms with E-state index in [0.29, 0.717) is 0 Å². The second-order valence-corrected chi connectivity index (χ2v) is 5.72. The molecule has 0 heterocycles. The monoisotopic (exact) mass is 265 g/mol. The topological polar surface area (TPSA) is 49.8 Å². The Morgan fingerprint density at radius 1 is 1.37 bits per heavy atom. The summed E-state index contributed by atoms with van der Waals surface area (Å²) >= 11 is 0. The van der Waals surface area contributed by atoms with Gasteiger partial charge in [-0.3, -0.25) is 4.79 Å². The molecule has 0 radical (unpaired) electrons. The van der Waals surface area contributed by atoms with Crippen molar-refractivity contribution in [3.8, 4) is 5.75 Å². The standard InChI is InChI=1S/C15H23NO3/c1-15(2,9-14(17)18)11-16(3)10-12-7-5-6-8-13(12)19-4/h5-8H,9-11H2,1-4H3,(H,17,18). The maximum Gasteiger partial charge on any atom is 0.303 e. The van der Waals surface area contributed by atoms with Gasteiger partial charge in [0.25, 0.3) is 0 Å². The predicted molar refractivity (Wildman–Crippen MR) is 75.4 cm³/mol. The summed E-state index contributed by atoms with van der Waals surface area (Å²) in [4.78, 5) is 12.9. The van der Waals surface area contributed by atoms with E-state index in [9.17, 15) is 4.79 Å². The number of rotatable bonds is 7. The smallest absolute Gasteiger partial charge is 0.303 e. The highest BCUT2D eigenvalue weighted by Gasteiger charge is 2.23. The SMILES string of the molecule is COc1ccccc1CN(C)CC(C)(C)CC(=O)O. The summed E-state index contributed by atoms with van der Waals surface area (Å²) in [6, 6.07) is 7.88. The molecule has 0 fully saturated rings. The molecule has 1 aromatic carbocycles. The molecule has 1 N–H and O–H groups in total. The Labute approximate surface area is 115 Å². The summed E-state index contributed by atoms with van der Waals surface area (Å²) in [7, 11) is 3.66. The summed E-state index contributed by atoms with van der Waals surface area (Å²) in [5, 5.41) is 8.90. The molecule has 1 rings (SSSR count). The van der Waals surface area contributed by atoms with E-state index in [0.717, 1.165) is 24.4 Å². The zero-order valence-corrected chi connectivity index (χ0v) is 12.1. The van der Waals surface area contributed by atoms with Crippen molar-refractivity contribution in [3.63, 3.8) is 0 Å². The van der Waals surface area contributed by atoms with Gasteiger partial charge >= 0.3 is 5.97 Å². The largest absolute Gasteiger partial charge is 0.496 e. The molecule has 0 atom stereocenters. The van der Waals surface area contributed by atoms with E-state index in [4.69, 9.17) is 9.84 Å². The quantitative estimate of drug-likeness (QED) is 0.823. The van der Waals surface area contributed by atoms with E-state index in [1.165, 1.54) is 0 Å². The van der Waals surface area contributed by atoms with Gasteiger partial charge in [-0.25, -0.2) is 0 Å². The Balaban J connectivity index is 2.64. The molecule has 0 unspecified atom stereocenters. The Bertz CT molecular complexity index is 429. The second kappa shape index (κ2) is 6.57. The first kappa shape index (κ1) is 15.5. The highest BCUT2D eigenvalue weighted by molar-refractivity contribution is 5.67.